The SMILES string of the molecule is CC1(C)Oc2ncnc(N)c2N=C1c1ccc(C2CCC(C(=O)N3CCCCC3)CC2)cc1. The van der Waals surface area contributed by atoms with Crippen molar-refractivity contribution in [2.45, 2.75) is 70.3 Å². The molecule has 2 N–H and O–H groups in total. The molecule has 7 nitrogen and oxygen atoms in total. The van der Waals surface area contributed by atoms with Crippen LogP contribution >= 0.6 is 0 Å². The number of hydrogen-bond acceptors (Lipinski definition) is 6. The fourth-order valence-corrected chi connectivity index (χ4v) is 5.46. The van der Waals surface area contributed by atoms with Crippen molar-refractivity contribution in [2.24, 2.45) is 10.9 Å². The first-order valence-corrected chi connectivity index (χ1v) is 12.2. The van der Waals surface area contributed by atoms with Gasteiger partial charge < -0.3 is 15.4 Å². The molecule has 0 spiro atoms. The van der Waals surface area contributed by atoms with Crippen molar-refractivity contribution < 1.29 is 9.53 Å². The van der Waals surface area contributed by atoms with Crippen LogP contribution in [0.25, 0.3) is 0 Å². The molecule has 3 heterocycles. The molecule has 1 aromatic heterocycles. The number of nitrogens with two attached hydrogens (primary N) is 1. The Kier molecular flexibility index (Phi) is 5.81. The molecule has 0 atom stereocenters. The van der Waals surface area contributed by atoms with E-state index in [1.807, 2.05) is 13.8 Å². The molecular formula is C26H33N5O2. The van der Waals surface area contributed by atoms with Crippen molar-refractivity contribution in [3.8, 4) is 5.88 Å². The van der Waals surface area contributed by atoms with Gasteiger partial charge in [-0.15, -0.1) is 0 Å². The van der Waals surface area contributed by atoms with E-state index in [0.717, 1.165) is 62.9 Å². The fourth-order valence-electron chi connectivity index (χ4n) is 5.46. The molecule has 0 bridgehead atoms. The van der Waals surface area contributed by atoms with Crippen LogP contribution in [0.3, 0.4) is 0 Å². The van der Waals surface area contributed by atoms with E-state index < -0.39 is 5.60 Å². The number of benzene rings is 1. The van der Waals surface area contributed by atoms with Gasteiger partial charge in [-0.05, 0) is 70.3 Å². The van der Waals surface area contributed by atoms with Gasteiger partial charge in [0.25, 0.3) is 0 Å². The van der Waals surface area contributed by atoms with Crippen molar-refractivity contribution in [3.63, 3.8) is 0 Å². The minimum Gasteiger partial charge on any atom is -0.463 e. The van der Waals surface area contributed by atoms with Crippen LogP contribution in [-0.2, 0) is 4.79 Å². The Morgan fingerprint density at radius 2 is 1.73 bits per heavy atom. The van der Waals surface area contributed by atoms with Crippen LogP contribution in [0.2, 0.25) is 0 Å². The Labute approximate surface area is 195 Å². The number of hydrogen-bond donors (Lipinski definition) is 1. The maximum atomic E-state index is 12.9. The zero-order valence-electron chi connectivity index (χ0n) is 19.6. The number of aliphatic imine (C=N–C) groups is 1. The normalized spacial score (nSPS) is 24.4. The van der Waals surface area contributed by atoms with Gasteiger partial charge in [-0.1, -0.05) is 24.3 Å². The minimum absolute atomic E-state index is 0.209. The van der Waals surface area contributed by atoms with E-state index in [0.29, 0.717) is 29.2 Å². The number of piperidine rings is 1. The molecule has 2 fully saturated rings. The molecule has 1 saturated heterocycles. The number of ether oxygens (including phenoxy) is 1. The fraction of sp³-hybridized carbons (Fsp3) is 0.538. The van der Waals surface area contributed by atoms with Crippen molar-refractivity contribution in [2.75, 3.05) is 18.8 Å². The van der Waals surface area contributed by atoms with Crippen molar-refractivity contribution in [1.82, 2.24) is 14.9 Å². The predicted octanol–water partition coefficient (Wildman–Crippen LogP) is 4.64. The van der Waals surface area contributed by atoms with Crippen LogP contribution < -0.4 is 10.5 Å². The third-order valence-electron chi connectivity index (χ3n) is 7.36. The van der Waals surface area contributed by atoms with Crippen LogP contribution in [0.1, 0.15) is 75.8 Å². The molecule has 174 valence electrons. The average molecular weight is 448 g/mol. The number of nitrogen functional groups attached to an aromatic ring is 1. The molecule has 5 rings (SSSR count). The molecule has 0 radical (unpaired) electrons. The Balaban J connectivity index is 1.28. The van der Waals surface area contributed by atoms with Gasteiger partial charge >= 0.3 is 0 Å². The molecule has 1 aromatic carbocycles. The number of likely N-dealkylation sites (tertiary alicyclic amines) is 1. The van der Waals surface area contributed by atoms with Gasteiger partial charge in [0.05, 0.1) is 5.71 Å². The maximum Gasteiger partial charge on any atom is 0.246 e. The quantitative estimate of drug-likeness (QED) is 0.740. The number of carbonyl (C=O) groups is 1. The van der Waals surface area contributed by atoms with Crippen LogP contribution in [0.15, 0.2) is 35.6 Å². The summed E-state index contributed by atoms with van der Waals surface area (Å²) >= 11 is 0. The summed E-state index contributed by atoms with van der Waals surface area (Å²) in [6.07, 6.45) is 9.10. The van der Waals surface area contributed by atoms with Gasteiger partial charge in [0.2, 0.25) is 11.8 Å². The van der Waals surface area contributed by atoms with Crippen molar-refractivity contribution in [3.05, 3.63) is 41.7 Å². The highest BCUT2D eigenvalue weighted by Gasteiger charge is 2.35. The highest BCUT2D eigenvalue weighted by molar-refractivity contribution is 6.09. The molecule has 1 saturated carbocycles. The monoisotopic (exact) mass is 447 g/mol. The molecule has 3 aliphatic rings. The third-order valence-corrected chi connectivity index (χ3v) is 7.36. The molecule has 33 heavy (non-hydrogen) atoms. The average Bonchev–Trinajstić information content (AvgIpc) is 2.84. The summed E-state index contributed by atoms with van der Waals surface area (Å²) < 4.78 is 6.10. The van der Waals surface area contributed by atoms with Gasteiger partial charge in [-0.2, -0.15) is 4.98 Å². The van der Waals surface area contributed by atoms with E-state index in [9.17, 15) is 4.79 Å². The number of aromatic nitrogens is 2. The van der Waals surface area contributed by atoms with Gasteiger partial charge in [0.1, 0.15) is 11.9 Å². The number of anilines is 1. The van der Waals surface area contributed by atoms with Crippen LogP contribution in [0.4, 0.5) is 11.5 Å². The first-order chi connectivity index (χ1) is 15.9. The molecule has 2 aromatic rings. The van der Waals surface area contributed by atoms with E-state index in [-0.39, 0.29) is 5.92 Å². The number of amides is 1. The zero-order valence-corrected chi connectivity index (χ0v) is 19.6. The van der Waals surface area contributed by atoms with E-state index in [4.69, 9.17) is 15.5 Å². The second-order valence-corrected chi connectivity index (χ2v) is 10.0. The highest BCUT2D eigenvalue weighted by Crippen LogP contribution is 2.40. The maximum absolute atomic E-state index is 12.9. The molecule has 2 aliphatic heterocycles. The largest absolute Gasteiger partial charge is 0.463 e. The van der Waals surface area contributed by atoms with Gasteiger partial charge in [-0.3, -0.25) is 4.79 Å². The third kappa shape index (κ3) is 4.33. The molecule has 1 aliphatic carbocycles. The highest BCUT2D eigenvalue weighted by atomic mass is 16.5. The van der Waals surface area contributed by atoms with E-state index in [2.05, 4.69) is 39.1 Å². The number of fused-ring (bicyclic) bond motifs is 1. The van der Waals surface area contributed by atoms with E-state index in [1.54, 1.807) is 0 Å². The van der Waals surface area contributed by atoms with Crippen LogP contribution in [0, 0.1) is 5.92 Å². The van der Waals surface area contributed by atoms with Crippen LogP contribution in [0.5, 0.6) is 5.88 Å². The summed E-state index contributed by atoms with van der Waals surface area (Å²) in [5, 5.41) is 0. The lowest BCUT2D eigenvalue weighted by Gasteiger charge is -2.34. The first-order valence-electron chi connectivity index (χ1n) is 12.2. The Morgan fingerprint density at radius 3 is 2.42 bits per heavy atom. The Hall–Kier alpha value is -2.96. The summed E-state index contributed by atoms with van der Waals surface area (Å²) in [6.45, 7) is 5.88. The van der Waals surface area contributed by atoms with E-state index >= 15 is 0 Å². The van der Waals surface area contributed by atoms with E-state index in [1.165, 1.54) is 18.3 Å². The minimum atomic E-state index is -0.623. The van der Waals surface area contributed by atoms with Crippen molar-refractivity contribution >= 4 is 23.1 Å². The summed E-state index contributed by atoms with van der Waals surface area (Å²) in [4.78, 5) is 28.0. The number of rotatable bonds is 3. The summed E-state index contributed by atoms with van der Waals surface area (Å²) in [5.41, 5.74) is 9.04. The lowest BCUT2D eigenvalue weighted by molar-refractivity contribution is -0.137. The summed E-state index contributed by atoms with van der Waals surface area (Å²) in [5.74, 6) is 1.85. The first kappa shape index (κ1) is 21.9. The molecular weight excluding hydrogens is 414 g/mol. The lowest BCUT2D eigenvalue weighted by Crippen LogP contribution is -2.41. The van der Waals surface area contributed by atoms with Gasteiger partial charge in [0.15, 0.2) is 11.5 Å². The van der Waals surface area contributed by atoms with Crippen LogP contribution in [-0.4, -0.2) is 45.2 Å². The lowest BCUT2D eigenvalue weighted by atomic mass is 9.77. The summed E-state index contributed by atoms with van der Waals surface area (Å²) in [7, 11) is 0. The van der Waals surface area contributed by atoms with Gasteiger partial charge in [0, 0.05) is 24.6 Å². The number of carbonyl (C=O) groups excluding carboxylic acids is 1. The molecule has 7 heteroatoms. The summed E-state index contributed by atoms with van der Waals surface area (Å²) in [6, 6.07) is 8.64. The zero-order chi connectivity index (χ0) is 23.0. The second kappa shape index (κ2) is 8.76. The van der Waals surface area contributed by atoms with Crippen molar-refractivity contribution in [1.29, 1.82) is 0 Å². The standard InChI is InChI=1S/C26H33N5O2/c1-26(2)22(30-21-23(27)28-16-29-24(21)33-26)19-10-6-17(7-11-19)18-8-12-20(13-9-18)25(32)31-14-4-3-5-15-31/h6-7,10-11,16,18,20H,3-5,8-9,12-15H2,1-2H3,(H2,27,28,29). The Bertz CT molecular complexity index is 1050. The topological polar surface area (TPSA) is 93.7 Å². The number of nitrogens with zero attached hydrogens (tertiary/aromatic N) is 4. The Morgan fingerprint density at radius 1 is 1.03 bits per heavy atom. The molecule has 0 unspecified atom stereocenters. The second-order valence-electron chi connectivity index (χ2n) is 10.0. The van der Waals surface area contributed by atoms with Gasteiger partial charge in [-0.25, -0.2) is 9.98 Å². The molecule has 1 amide bonds. The smallest absolute Gasteiger partial charge is 0.246 e. The predicted molar refractivity (Wildman–Crippen MR) is 129 cm³/mol.